The number of Topliss-reactive ketones (excluding diaryl/α,β-unsaturated/α-hetero) is 1. The van der Waals surface area contributed by atoms with E-state index in [4.69, 9.17) is 9.47 Å². The Balaban J connectivity index is 1.40. The van der Waals surface area contributed by atoms with Crippen LogP contribution in [0.4, 0.5) is 0 Å². The van der Waals surface area contributed by atoms with Gasteiger partial charge >= 0.3 is 0 Å². The van der Waals surface area contributed by atoms with Gasteiger partial charge in [0.25, 0.3) is 0 Å². The second-order valence-corrected chi connectivity index (χ2v) is 13.4. The van der Waals surface area contributed by atoms with Gasteiger partial charge in [-0.2, -0.15) is 0 Å². The Morgan fingerprint density at radius 2 is 1.59 bits per heavy atom. The highest BCUT2D eigenvalue weighted by Crippen LogP contribution is 2.67. The van der Waals surface area contributed by atoms with Gasteiger partial charge in [0.1, 0.15) is 5.78 Å². The van der Waals surface area contributed by atoms with Crippen molar-refractivity contribution in [3.63, 3.8) is 0 Å². The Kier molecular flexibility index (Phi) is 5.53. The van der Waals surface area contributed by atoms with Gasteiger partial charge in [-0.05, 0) is 98.7 Å². The highest BCUT2D eigenvalue weighted by Gasteiger charge is 2.62. The summed E-state index contributed by atoms with van der Waals surface area (Å²) < 4.78 is 12.9. The second-order valence-electron chi connectivity index (χ2n) is 13.4. The molecule has 3 heteroatoms. The lowest BCUT2D eigenvalue weighted by Gasteiger charge is -2.59. The van der Waals surface area contributed by atoms with Gasteiger partial charge in [0.15, 0.2) is 5.79 Å². The maximum Gasteiger partial charge on any atom is 0.163 e. The normalized spacial score (nSPS) is 50.8. The quantitative estimate of drug-likeness (QED) is 0.451. The third-order valence-corrected chi connectivity index (χ3v) is 11.0. The number of rotatable bonds is 3. The van der Waals surface area contributed by atoms with E-state index in [0.717, 1.165) is 25.2 Å². The van der Waals surface area contributed by atoms with Crippen LogP contribution in [0.5, 0.6) is 0 Å². The molecule has 3 saturated carbocycles. The van der Waals surface area contributed by atoms with Crippen LogP contribution in [0, 0.1) is 52.3 Å². The molecule has 5 aliphatic rings. The van der Waals surface area contributed by atoms with Crippen molar-refractivity contribution in [2.24, 2.45) is 52.3 Å². The van der Waals surface area contributed by atoms with Crippen LogP contribution in [0.15, 0.2) is 12.2 Å². The first-order chi connectivity index (χ1) is 15.0. The first kappa shape index (κ1) is 23.1. The van der Waals surface area contributed by atoms with Gasteiger partial charge in [0.2, 0.25) is 0 Å². The van der Waals surface area contributed by atoms with Crippen LogP contribution in [0.3, 0.4) is 0 Å². The van der Waals surface area contributed by atoms with Crippen LogP contribution in [0.25, 0.3) is 0 Å². The number of allylic oxidation sites excluding steroid dienone is 2. The molecule has 0 spiro atoms. The SMILES string of the molecule is CC(C)[C@H]1OC(C)(C)O[C@@H]1[C@@H](C)[C@H]1CC[C@H]2[C@@H]3CC(=O)[C@H]4CC=CC[C@]4(C)[C@H]3CC[C@]12C. The molecule has 0 unspecified atom stereocenters. The van der Waals surface area contributed by atoms with E-state index in [1.165, 1.54) is 25.7 Å². The van der Waals surface area contributed by atoms with E-state index in [-0.39, 0.29) is 23.5 Å². The van der Waals surface area contributed by atoms with E-state index >= 15 is 0 Å². The molecule has 4 aliphatic carbocycles. The van der Waals surface area contributed by atoms with E-state index in [9.17, 15) is 4.79 Å². The molecule has 4 fully saturated rings. The fourth-order valence-electron chi connectivity index (χ4n) is 9.53. The summed E-state index contributed by atoms with van der Waals surface area (Å²) in [5, 5.41) is 0. The smallest absolute Gasteiger partial charge is 0.163 e. The van der Waals surface area contributed by atoms with Gasteiger partial charge in [-0.25, -0.2) is 0 Å². The molecule has 1 aliphatic heterocycles. The molecule has 1 heterocycles. The monoisotopic (exact) mass is 442 g/mol. The molecule has 32 heavy (non-hydrogen) atoms. The molecule has 0 N–H and O–H groups in total. The number of ketones is 1. The van der Waals surface area contributed by atoms with E-state index in [2.05, 4.69) is 60.6 Å². The summed E-state index contributed by atoms with van der Waals surface area (Å²) in [4.78, 5) is 13.3. The van der Waals surface area contributed by atoms with Crippen molar-refractivity contribution in [1.29, 1.82) is 0 Å². The van der Waals surface area contributed by atoms with Crippen LogP contribution < -0.4 is 0 Å². The van der Waals surface area contributed by atoms with Crippen molar-refractivity contribution in [1.82, 2.24) is 0 Å². The summed E-state index contributed by atoms with van der Waals surface area (Å²) >= 11 is 0. The fourth-order valence-corrected chi connectivity index (χ4v) is 9.53. The minimum Gasteiger partial charge on any atom is -0.344 e. The zero-order valence-electron chi connectivity index (χ0n) is 21.5. The minimum atomic E-state index is -0.488. The van der Waals surface area contributed by atoms with Gasteiger partial charge < -0.3 is 9.47 Å². The van der Waals surface area contributed by atoms with Crippen molar-refractivity contribution >= 4 is 5.78 Å². The predicted octanol–water partition coefficient (Wildman–Crippen LogP) is 6.80. The second kappa shape index (κ2) is 7.67. The lowest BCUT2D eigenvalue weighted by atomic mass is 9.45. The average molecular weight is 443 g/mol. The Hall–Kier alpha value is -0.670. The van der Waals surface area contributed by atoms with Crippen LogP contribution in [0.2, 0.25) is 0 Å². The van der Waals surface area contributed by atoms with Crippen LogP contribution in [-0.4, -0.2) is 23.8 Å². The Bertz CT molecular complexity index is 783. The average Bonchev–Trinajstić information content (AvgIpc) is 3.24. The Morgan fingerprint density at radius 1 is 0.906 bits per heavy atom. The molecule has 0 aromatic heterocycles. The number of carbonyl (C=O) groups excluding carboxylic acids is 1. The zero-order valence-corrected chi connectivity index (χ0v) is 21.5. The highest BCUT2D eigenvalue weighted by atomic mass is 16.8. The number of hydrogen-bond acceptors (Lipinski definition) is 3. The number of hydrogen-bond donors (Lipinski definition) is 0. The molecule has 0 bridgehead atoms. The number of fused-ring (bicyclic) bond motifs is 5. The fraction of sp³-hybridized carbons (Fsp3) is 0.897. The third-order valence-electron chi connectivity index (χ3n) is 11.0. The summed E-state index contributed by atoms with van der Waals surface area (Å²) in [5.74, 6) is 3.94. The van der Waals surface area contributed by atoms with E-state index in [1.54, 1.807) is 0 Å². The summed E-state index contributed by atoms with van der Waals surface area (Å²) in [6, 6.07) is 0. The summed E-state index contributed by atoms with van der Waals surface area (Å²) in [5.41, 5.74) is 0.515. The van der Waals surface area contributed by atoms with Gasteiger partial charge in [-0.1, -0.05) is 46.8 Å². The van der Waals surface area contributed by atoms with Crippen molar-refractivity contribution in [2.45, 2.75) is 111 Å². The molecular formula is C29H46O3. The molecule has 5 rings (SSSR count). The maximum atomic E-state index is 13.3. The van der Waals surface area contributed by atoms with Crippen LogP contribution in [-0.2, 0) is 14.3 Å². The van der Waals surface area contributed by atoms with E-state index < -0.39 is 5.79 Å². The first-order valence-corrected chi connectivity index (χ1v) is 13.5. The van der Waals surface area contributed by atoms with E-state index in [0.29, 0.717) is 40.8 Å². The molecular weight excluding hydrogens is 396 g/mol. The molecule has 0 aromatic rings. The lowest BCUT2D eigenvalue weighted by Crippen LogP contribution is -2.55. The van der Waals surface area contributed by atoms with Crippen LogP contribution >= 0.6 is 0 Å². The summed E-state index contributed by atoms with van der Waals surface area (Å²) in [6.07, 6.45) is 13.1. The lowest BCUT2D eigenvalue weighted by molar-refractivity contribution is -0.159. The zero-order chi connectivity index (χ0) is 23.1. The molecule has 3 nitrogen and oxygen atoms in total. The van der Waals surface area contributed by atoms with Crippen LogP contribution in [0.1, 0.15) is 93.4 Å². The van der Waals surface area contributed by atoms with Gasteiger partial charge in [-0.3, -0.25) is 4.79 Å². The van der Waals surface area contributed by atoms with Gasteiger partial charge in [0.05, 0.1) is 12.2 Å². The third kappa shape index (κ3) is 3.31. The van der Waals surface area contributed by atoms with Gasteiger partial charge in [0, 0.05) is 12.3 Å². The maximum absolute atomic E-state index is 13.3. The molecule has 180 valence electrons. The minimum absolute atomic E-state index is 0.168. The summed E-state index contributed by atoms with van der Waals surface area (Å²) in [6.45, 7) is 16.1. The molecule has 0 aromatic carbocycles. The topological polar surface area (TPSA) is 35.5 Å². The standard InChI is InChI=1S/C29H46O3/c1-17(2)25-26(32-27(4,5)31-25)18(3)20-11-12-21-19-16-24(30)23-10-8-9-14-28(23,6)22(19)13-15-29(20,21)7/h8-9,17-23,25-26H,10-16H2,1-7H3/t18-,19-,20+,21-,22-,23+,25+,26+,28+,29+/m0/s1. The first-order valence-electron chi connectivity index (χ1n) is 13.5. The largest absolute Gasteiger partial charge is 0.344 e. The molecule has 10 atom stereocenters. The Morgan fingerprint density at radius 3 is 2.31 bits per heavy atom. The van der Waals surface area contributed by atoms with Crippen molar-refractivity contribution in [3.8, 4) is 0 Å². The van der Waals surface area contributed by atoms with Crippen molar-refractivity contribution in [2.75, 3.05) is 0 Å². The van der Waals surface area contributed by atoms with Crippen molar-refractivity contribution < 1.29 is 14.3 Å². The molecule has 0 radical (unpaired) electrons. The summed E-state index contributed by atoms with van der Waals surface area (Å²) in [7, 11) is 0. The number of carbonyl (C=O) groups is 1. The number of ether oxygens (including phenoxy) is 2. The predicted molar refractivity (Wildman–Crippen MR) is 128 cm³/mol. The highest BCUT2D eigenvalue weighted by molar-refractivity contribution is 5.83. The van der Waals surface area contributed by atoms with Crippen molar-refractivity contribution in [3.05, 3.63) is 12.2 Å². The molecule has 1 saturated heterocycles. The van der Waals surface area contributed by atoms with Gasteiger partial charge in [-0.15, -0.1) is 0 Å². The van der Waals surface area contributed by atoms with E-state index in [1.807, 2.05) is 0 Å². The Labute approximate surface area is 196 Å². The molecule has 0 amide bonds.